The maximum absolute atomic E-state index is 4.33. The summed E-state index contributed by atoms with van der Waals surface area (Å²) in [6, 6.07) is 0.438. The van der Waals surface area contributed by atoms with Crippen molar-refractivity contribution in [2.45, 2.75) is 53.1 Å². The maximum Gasteiger partial charge on any atom is 0.202 e. The van der Waals surface area contributed by atoms with Crippen molar-refractivity contribution >= 4 is 5.95 Å². The number of nitrogens with zero attached hydrogens (tertiary/aromatic N) is 2. The molecule has 0 aliphatic rings. The van der Waals surface area contributed by atoms with Gasteiger partial charge in [-0.2, -0.15) is 0 Å². The van der Waals surface area contributed by atoms with Gasteiger partial charge in [0, 0.05) is 25.0 Å². The summed E-state index contributed by atoms with van der Waals surface area (Å²) in [7, 11) is 0. The quantitative estimate of drug-likeness (QED) is 0.780. The zero-order valence-corrected chi connectivity index (χ0v) is 10.3. The van der Waals surface area contributed by atoms with Crippen LogP contribution in [0.5, 0.6) is 0 Å². The SMILES string of the molecule is CCC(CC)Cn1ccnc1NC(C)C. The number of hydrogen-bond acceptors (Lipinski definition) is 2. The van der Waals surface area contributed by atoms with Crippen LogP contribution in [-0.4, -0.2) is 15.6 Å². The van der Waals surface area contributed by atoms with Gasteiger partial charge < -0.3 is 9.88 Å². The van der Waals surface area contributed by atoms with Gasteiger partial charge in [-0.3, -0.25) is 0 Å². The molecule has 1 heterocycles. The van der Waals surface area contributed by atoms with Gasteiger partial charge in [0.2, 0.25) is 5.95 Å². The van der Waals surface area contributed by atoms with Gasteiger partial charge in [-0.25, -0.2) is 4.98 Å². The highest BCUT2D eigenvalue weighted by atomic mass is 15.2. The molecule has 3 nitrogen and oxygen atoms in total. The predicted molar refractivity (Wildman–Crippen MR) is 65.1 cm³/mol. The lowest BCUT2D eigenvalue weighted by molar-refractivity contribution is 0.420. The smallest absolute Gasteiger partial charge is 0.202 e. The summed E-state index contributed by atoms with van der Waals surface area (Å²) in [4.78, 5) is 4.33. The second kappa shape index (κ2) is 5.79. The minimum Gasteiger partial charge on any atom is -0.353 e. The first kappa shape index (κ1) is 12.1. The Bertz CT molecular complexity index is 274. The number of hydrogen-bond donors (Lipinski definition) is 1. The molecule has 0 bridgehead atoms. The first-order valence-corrected chi connectivity index (χ1v) is 5.95. The summed E-state index contributed by atoms with van der Waals surface area (Å²) >= 11 is 0. The molecule has 3 heteroatoms. The Morgan fingerprint density at radius 3 is 2.53 bits per heavy atom. The van der Waals surface area contributed by atoms with Crippen molar-refractivity contribution in [1.29, 1.82) is 0 Å². The average Bonchev–Trinajstić information content (AvgIpc) is 2.61. The zero-order chi connectivity index (χ0) is 11.3. The largest absolute Gasteiger partial charge is 0.353 e. The molecule has 0 atom stereocenters. The van der Waals surface area contributed by atoms with E-state index in [0.29, 0.717) is 6.04 Å². The van der Waals surface area contributed by atoms with Gasteiger partial charge in [-0.15, -0.1) is 0 Å². The predicted octanol–water partition coefficient (Wildman–Crippen LogP) is 3.14. The van der Waals surface area contributed by atoms with E-state index < -0.39 is 0 Å². The number of imidazole rings is 1. The molecule has 0 unspecified atom stereocenters. The van der Waals surface area contributed by atoms with Gasteiger partial charge in [0.15, 0.2) is 0 Å². The molecule has 0 radical (unpaired) electrons. The highest BCUT2D eigenvalue weighted by molar-refractivity contribution is 5.26. The van der Waals surface area contributed by atoms with Crippen LogP contribution < -0.4 is 5.32 Å². The molecule has 0 fully saturated rings. The van der Waals surface area contributed by atoms with E-state index in [2.05, 4.69) is 48.8 Å². The summed E-state index contributed by atoms with van der Waals surface area (Å²) in [5, 5.41) is 3.36. The molecule has 86 valence electrons. The molecule has 0 spiro atoms. The monoisotopic (exact) mass is 209 g/mol. The molecule has 1 rings (SSSR count). The molecular weight excluding hydrogens is 186 g/mol. The summed E-state index contributed by atoms with van der Waals surface area (Å²) in [6.45, 7) is 9.84. The number of nitrogens with one attached hydrogen (secondary N) is 1. The summed E-state index contributed by atoms with van der Waals surface area (Å²) < 4.78 is 2.22. The standard InChI is InChI=1S/C12H23N3/c1-5-11(6-2)9-15-8-7-13-12(15)14-10(3)4/h7-8,10-11H,5-6,9H2,1-4H3,(H,13,14). The van der Waals surface area contributed by atoms with Crippen molar-refractivity contribution in [3.05, 3.63) is 12.4 Å². The van der Waals surface area contributed by atoms with E-state index in [4.69, 9.17) is 0 Å². The normalized spacial score (nSPS) is 11.3. The Kier molecular flexibility index (Phi) is 4.66. The Labute approximate surface area is 92.9 Å². The Morgan fingerprint density at radius 2 is 2.00 bits per heavy atom. The molecule has 0 saturated heterocycles. The topological polar surface area (TPSA) is 29.9 Å². The van der Waals surface area contributed by atoms with Gasteiger partial charge in [0.05, 0.1) is 0 Å². The molecule has 0 aliphatic carbocycles. The molecule has 0 amide bonds. The number of aromatic nitrogens is 2. The second-order valence-electron chi connectivity index (χ2n) is 4.38. The zero-order valence-electron chi connectivity index (χ0n) is 10.3. The van der Waals surface area contributed by atoms with Crippen molar-refractivity contribution in [2.24, 2.45) is 5.92 Å². The van der Waals surface area contributed by atoms with Gasteiger partial charge in [0.1, 0.15) is 0 Å². The van der Waals surface area contributed by atoms with Crippen molar-refractivity contribution < 1.29 is 0 Å². The molecule has 1 aromatic heterocycles. The molecule has 15 heavy (non-hydrogen) atoms. The fraction of sp³-hybridized carbons (Fsp3) is 0.750. The first-order chi connectivity index (χ1) is 7.17. The van der Waals surface area contributed by atoms with Crippen molar-refractivity contribution in [3.8, 4) is 0 Å². The van der Waals surface area contributed by atoms with E-state index in [9.17, 15) is 0 Å². The summed E-state index contributed by atoms with van der Waals surface area (Å²) in [5.74, 6) is 1.75. The third kappa shape index (κ3) is 3.57. The van der Waals surface area contributed by atoms with Crippen LogP contribution in [0.2, 0.25) is 0 Å². The lowest BCUT2D eigenvalue weighted by Gasteiger charge is -2.17. The minimum atomic E-state index is 0.438. The van der Waals surface area contributed by atoms with E-state index in [-0.39, 0.29) is 0 Å². The van der Waals surface area contributed by atoms with Crippen molar-refractivity contribution in [3.63, 3.8) is 0 Å². The highest BCUT2D eigenvalue weighted by Crippen LogP contribution is 2.14. The van der Waals surface area contributed by atoms with E-state index in [1.807, 2.05) is 6.20 Å². The third-order valence-electron chi connectivity index (χ3n) is 2.74. The van der Waals surface area contributed by atoms with Gasteiger partial charge in [-0.1, -0.05) is 26.7 Å². The first-order valence-electron chi connectivity index (χ1n) is 5.95. The van der Waals surface area contributed by atoms with Gasteiger partial charge in [0.25, 0.3) is 0 Å². The maximum atomic E-state index is 4.33. The average molecular weight is 209 g/mol. The van der Waals surface area contributed by atoms with Crippen LogP contribution >= 0.6 is 0 Å². The Balaban J connectivity index is 2.63. The van der Waals surface area contributed by atoms with E-state index in [1.54, 1.807) is 0 Å². The van der Waals surface area contributed by atoms with Crippen LogP contribution in [0.25, 0.3) is 0 Å². The number of anilines is 1. The van der Waals surface area contributed by atoms with Crippen molar-refractivity contribution in [2.75, 3.05) is 5.32 Å². The van der Waals surface area contributed by atoms with Crippen LogP contribution in [0.1, 0.15) is 40.5 Å². The second-order valence-corrected chi connectivity index (χ2v) is 4.38. The Hall–Kier alpha value is -0.990. The fourth-order valence-corrected chi connectivity index (χ4v) is 1.68. The van der Waals surface area contributed by atoms with Gasteiger partial charge in [-0.05, 0) is 19.8 Å². The summed E-state index contributed by atoms with van der Waals surface area (Å²) in [6.07, 6.45) is 6.39. The van der Waals surface area contributed by atoms with Crippen LogP contribution in [0.4, 0.5) is 5.95 Å². The Morgan fingerprint density at radius 1 is 1.33 bits per heavy atom. The van der Waals surface area contributed by atoms with Crippen LogP contribution in [-0.2, 0) is 6.54 Å². The fourth-order valence-electron chi connectivity index (χ4n) is 1.68. The van der Waals surface area contributed by atoms with E-state index in [1.165, 1.54) is 12.8 Å². The lowest BCUT2D eigenvalue weighted by atomic mass is 10.0. The van der Waals surface area contributed by atoms with Crippen LogP contribution in [0, 0.1) is 5.92 Å². The molecule has 0 aliphatic heterocycles. The van der Waals surface area contributed by atoms with Crippen molar-refractivity contribution in [1.82, 2.24) is 9.55 Å². The van der Waals surface area contributed by atoms with Crippen LogP contribution in [0.3, 0.4) is 0 Å². The minimum absolute atomic E-state index is 0.438. The number of rotatable bonds is 6. The summed E-state index contributed by atoms with van der Waals surface area (Å²) in [5.41, 5.74) is 0. The molecule has 0 saturated carbocycles. The highest BCUT2D eigenvalue weighted by Gasteiger charge is 2.08. The molecule has 1 aromatic rings. The lowest BCUT2D eigenvalue weighted by Crippen LogP contribution is -2.17. The van der Waals surface area contributed by atoms with Gasteiger partial charge >= 0.3 is 0 Å². The van der Waals surface area contributed by atoms with E-state index >= 15 is 0 Å². The van der Waals surface area contributed by atoms with E-state index in [0.717, 1.165) is 18.4 Å². The third-order valence-corrected chi connectivity index (χ3v) is 2.74. The molecule has 0 aromatic carbocycles. The molecule has 1 N–H and O–H groups in total. The molecular formula is C12H23N3. The van der Waals surface area contributed by atoms with Crippen LogP contribution in [0.15, 0.2) is 12.4 Å².